The van der Waals surface area contributed by atoms with E-state index in [0.29, 0.717) is 0 Å². The first-order valence-corrected chi connectivity index (χ1v) is 5.17. The Balaban J connectivity index is 0.00000289. The molecule has 0 unspecified atom stereocenters. The van der Waals surface area contributed by atoms with Crippen LogP contribution >= 0.6 is 0 Å². The number of rotatable bonds is 5. The van der Waals surface area contributed by atoms with Gasteiger partial charge in [-0.05, 0) is 11.6 Å². The first-order chi connectivity index (χ1) is 8.22. The topological polar surface area (TPSA) is 58.6 Å². The van der Waals surface area contributed by atoms with E-state index >= 15 is 0 Å². The smallest absolute Gasteiger partial charge is 0.407 e. The molecule has 0 atom stereocenters. The Bertz CT molecular complexity index is 399. The summed E-state index contributed by atoms with van der Waals surface area (Å²) in [6.45, 7) is 3.66. The molecule has 0 saturated carbocycles. The normalized spacial score (nSPS) is 10.1. The lowest BCUT2D eigenvalue weighted by Crippen LogP contribution is -2.26. The Hall–Kier alpha value is -2.23. The molecule has 4 nitrogen and oxygen atoms in total. The molecule has 0 aliphatic rings. The number of hydrogen-bond donors (Lipinski definition) is 2. The number of aliphatic hydroxyl groups excluding tert-OH is 1. The van der Waals surface area contributed by atoms with Gasteiger partial charge in [0.2, 0.25) is 0 Å². The van der Waals surface area contributed by atoms with Crippen LogP contribution in [0.15, 0.2) is 54.8 Å². The van der Waals surface area contributed by atoms with Crippen LogP contribution in [0.1, 0.15) is 13.0 Å². The van der Waals surface area contributed by atoms with E-state index in [2.05, 4.69) is 11.9 Å². The molecule has 0 aliphatic carbocycles. The Morgan fingerprint density at radius 1 is 1.39 bits per heavy atom. The van der Waals surface area contributed by atoms with E-state index < -0.39 is 6.09 Å². The van der Waals surface area contributed by atoms with Gasteiger partial charge in [0, 0.05) is 0 Å². The van der Waals surface area contributed by atoms with Gasteiger partial charge in [-0.3, -0.25) is 0 Å². The van der Waals surface area contributed by atoms with Gasteiger partial charge in [-0.15, -0.1) is 0 Å². The lowest BCUT2D eigenvalue weighted by Gasteiger charge is -2.06. The molecule has 0 spiro atoms. The number of alkyl carbamates (subject to hydrolysis) is 1. The second-order valence-electron chi connectivity index (χ2n) is 3.31. The van der Waals surface area contributed by atoms with Crippen molar-refractivity contribution in [1.82, 2.24) is 5.32 Å². The molecule has 1 amide bonds. The predicted octanol–water partition coefficient (Wildman–Crippen LogP) is 3.18. The largest absolute Gasteiger partial charge is 0.510 e. The standard InChI is InChI=1S/C13H15NO3.CH4/c1-2-6-12(15)9-14-13(16)17-10-11-7-4-3-5-8-11;/h2-8,15H,1,9-10H2,(H,14,16);1H4/b12-6-;. The summed E-state index contributed by atoms with van der Waals surface area (Å²) >= 11 is 0. The minimum absolute atomic E-state index is 0. The van der Waals surface area contributed by atoms with E-state index in [9.17, 15) is 9.90 Å². The SMILES string of the molecule is C.C=C/C=C(\O)CNC(=O)OCc1ccccc1. The van der Waals surface area contributed by atoms with Crippen LogP contribution in [0.3, 0.4) is 0 Å². The molecule has 0 saturated heterocycles. The van der Waals surface area contributed by atoms with E-state index in [1.807, 2.05) is 30.3 Å². The van der Waals surface area contributed by atoms with Crippen LogP contribution in [0.4, 0.5) is 4.79 Å². The van der Waals surface area contributed by atoms with Crippen molar-refractivity contribution >= 4 is 6.09 Å². The van der Waals surface area contributed by atoms with Gasteiger partial charge in [0.15, 0.2) is 0 Å². The molecular weight excluding hydrogens is 230 g/mol. The fourth-order valence-corrected chi connectivity index (χ4v) is 1.13. The van der Waals surface area contributed by atoms with E-state index in [1.165, 1.54) is 12.2 Å². The average molecular weight is 249 g/mol. The fourth-order valence-electron chi connectivity index (χ4n) is 1.13. The Morgan fingerprint density at radius 2 is 2.06 bits per heavy atom. The summed E-state index contributed by atoms with van der Waals surface area (Å²) in [4.78, 5) is 11.2. The van der Waals surface area contributed by atoms with Gasteiger partial charge in [-0.25, -0.2) is 4.79 Å². The van der Waals surface area contributed by atoms with Gasteiger partial charge in [0.25, 0.3) is 0 Å². The summed E-state index contributed by atoms with van der Waals surface area (Å²) in [5, 5.41) is 11.6. The number of aliphatic hydroxyl groups is 1. The van der Waals surface area contributed by atoms with Crippen LogP contribution in [-0.2, 0) is 11.3 Å². The highest BCUT2D eigenvalue weighted by Crippen LogP contribution is 2.00. The second kappa shape index (κ2) is 8.87. The third-order valence-corrected chi connectivity index (χ3v) is 1.94. The summed E-state index contributed by atoms with van der Waals surface area (Å²) in [6, 6.07) is 9.36. The number of hydrogen-bond acceptors (Lipinski definition) is 3. The molecule has 1 aromatic carbocycles. The van der Waals surface area contributed by atoms with E-state index in [4.69, 9.17) is 4.74 Å². The van der Waals surface area contributed by atoms with Crippen LogP contribution in [0.2, 0.25) is 0 Å². The van der Waals surface area contributed by atoms with Crippen LogP contribution in [0.5, 0.6) is 0 Å². The highest BCUT2D eigenvalue weighted by atomic mass is 16.5. The summed E-state index contributed by atoms with van der Waals surface area (Å²) in [5.74, 6) is 0.0247. The van der Waals surface area contributed by atoms with E-state index in [-0.39, 0.29) is 26.3 Å². The lowest BCUT2D eigenvalue weighted by atomic mass is 10.2. The summed E-state index contributed by atoms with van der Waals surface area (Å²) in [6.07, 6.45) is 2.27. The zero-order chi connectivity index (χ0) is 12.5. The van der Waals surface area contributed by atoms with Gasteiger partial charge in [0.1, 0.15) is 12.4 Å². The quantitative estimate of drug-likeness (QED) is 0.622. The minimum Gasteiger partial charge on any atom is -0.510 e. The maximum atomic E-state index is 11.2. The molecule has 0 radical (unpaired) electrons. The highest BCUT2D eigenvalue weighted by molar-refractivity contribution is 5.67. The maximum absolute atomic E-state index is 11.2. The Kier molecular flexibility index (Phi) is 7.77. The van der Waals surface area contributed by atoms with Gasteiger partial charge >= 0.3 is 6.09 Å². The zero-order valence-electron chi connectivity index (χ0n) is 9.43. The van der Waals surface area contributed by atoms with Crippen molar-refractivity contribution in [2.75, 3.05) is 6.54 Å². The third kappa shape index (κ3) is 6.37. The number of benzene rings is 1. The number of nitrogens with one attached hydrogen (secondary N) is 1. The summed E-state index contributed by atoms with van der Waals surface area (Å²) < 4.78 is 4.94. The van der Waals surface area contributed by atoms with Gasteiger partial charge in [-0.1, -0.05) is 50.4 Å². The van der Waals surface area contributed by atoms with Crippen molar-refractivity contribution in [3.63, 3.8) is 0 Å². The molecule has 1 rings (SSSR count). The van der Waals surface area contributed by atoms with E-state index in [1.54, 1.807) is 0 Å². The summed E-state index contributed by atoms with van der Waals surface area (Å²) in [7, 11) is 0. The molecule has 1 aromatic rings. The maximum Gasteiger partial charge on any atom is 0.407 e. The lowest BCUT2D eigenvalue weighted by molar-refractivity contribution is 0.139. The highest BCUT2D eigenvalue weighted by Gasteiger charge is 2.02. The minimum atomic E-state index is -0.571. The van der Waals surface area contributed by atoms with Gasteiger partial charge in [0.05, 0.1) is 6.54 Å². The molecule has 0 aromatic heterocycles. The Morgan fingerprint density at radius 3 is 2.67 bits per heavy atom. The van der Waals surface area contributed by atoms with Crippen molar-refractivity contribution < 1.29 is 14.6 Å². The van der Waals surface area contributed by atoms with Crippen molar-refractivity contribution in [3.8, 4) is 0 Å². The van der Waals surface area contributed by atoms with Gasteiger partial charge < -0.3 is 15.2 Å². The molecule has 0 heterocycles. The van der Waals surface area contributed by atoms with Crippen molar-refractivity contribution in [2.45, 2.75) is 14.0 Å². The molecule has 18 heavy (non-hydrogen) atoms. The number of carbonyl (C=O) groups is 1. The second-order valence-corrected chi connectivity index (χ2v) is 3.31. The number of ether oxygens (including phenoxy) is 1. The van der Waals surface area contributed by atoms with Crippen LogP contribution < -0.4 is 5.32 Å². The molecule has 0 fully saturated rings. The zero-order valence-corrected chi connectivity index (χ0v) is 9.43. The Labute approximate surface area is 108 Å². The van der Waals surface area contributed by atoms with Crippen molar-refractivity contribution in [1.29, 1.82) is 0 Å². The summed E-state index contributed by atoms with van der Waals surface area (Å²) in [5.41, 5.74) is 0.911. The molecular formula is C14H19NO3. The molecule has 2 N–H and O–H groups in total. The number of allylic oxidation sites excluding steroid dienone is 2. The van der Waals surface area contributed by atoms with Crippen molar-refractivity contribution in [2.24, 2.45) is 0 Å². The first kappa shape index (κ1) is 15.8. The molecule has 0 bridgehead atoms. The van der Waals surface area contributed by atoms with E-state index in [0.717, 1.165) is 5.56 Å². The molecule has 4 heteroatoms. The predicted molar refractivity (Wildman–Crippen MR) is 72.3 cm³/mol. The molecule has 0 aliphatic heterocycles. The fraction of sp³-hybridized carbons (Fsp3) is 0.214. The third-order valence-electron chi connectivity index (χ3n) is 1.94. The van der Waals surface area contributed by atoms with Crippen molar-refractivity contribution in [3.05, 3.63) is 60.4 Å². The monoisotopic (exact) mass is 249 g/mol. The van der Waals surface area contributed by atoms with Crippen LogP contribution in [-0.4, -0.2) is 17.7 Å². The first-order valence-electron chi connectivity index (χ1n) is 5.17. The van der Waals surface area contributed by atoms with Crippen LogP contribution in [0, 0.1) is 0 Å². The van der Waals surface area contributed by atoms with Crippen LogP contribution in [0.25, 0.3) is 0 Å². The van der Waals surface area contributed by atoms with Gasteiger partial charge in [-0.2, -0.15) is 0 Å². The average Bonchev–Trinajstić information content (AvgIpc) is 2.35. The number of carbonyl (C=O) groups excluding carboxylic acids is 1. The number of amides is 1. The molecule has 98 valence electrons.